The molecule has 0 aliphatic rings. The summed E-state index contributed by atoms with van der Waals surface area (Å²) in [4.78, 5) is 22.6. The lowest BCUT2D eigenvalue weighted by atomic mass is 10.2. The van der Waals surface area contributed by atoms with Gasteiger partial charge in [0.1, 0.15) is 6.33 Å². The zero-order valence-corrected chi connectivity index (χ0v) is 19.3. The van der Waals surface area contributed by atoms with Crippen molar-refractivity contribution in [3.8, 4) is 16.4 Å². The molecular formula is C23H19N7OS2. The van der Waals surface area contributed by atoms with Crippen LogP contribution in [0.3, 0.4) is 0 Å². The van der Waals surface area contributed by atoms with Crippen molar-refractivity contribution in [3.05, 3.63) is 83.5 Å². The zero-order valence-electron chi connectivity index (χ0n) is 17.6. The summed E-state index contributed by atoms with van der Waals surface area (Å²) >= 11 is 6.65. The van der Waals surface area contributed by atoms with E-state index in [1.54, 1.807) is 24.5 Å². The third-order valence-electron chi connectivity index (χ3n) is 5.15. The van der Waals surface area contributed by atoms with Gasteiger partial charge in [0.15, 0.2) is 15.7 Å². The number of rotatable bonds is 6. The van der Waals surface area contributed by atoms with Gasteiger partial charge in [-0.1, -0.05) is 29.5 Å². The Bertz CT molecular complexity index is 1540. The van der Waals surface area contributed by atoms with E-state index in [0.29, 0.717) is 27.8 Å². The fraction of sp³-hybridized carbons (Fsp3) is 0.0870. The Kier molecular flexibility index (Phi) is 5.45. The normalized spacial score (nSPS) is 11.1. The van der Waals surface area contributed by atoms with Crippen molar-refractivity contribution in [1.29, 1.82) is 0 Å². The van der Waals surface area contributed by atoms with Gasteiger partial charge >= 0.3 is 0 Å². The Labute approximate surface area is 198 Å². The van der Waals surface area contributed by atoms with Gasteiger partial charge in [0.2, 0.25) is 0 Å². The molecule has 0 spiro atoms. The fourth-order valence-corrected chi connectivity index (χ4v) is 4.72. The molecule has 8 nitrogen and oxygen atoms in total. The molecule has 0 atom stereocenters. The average molecular weight is 474 g/mol. The molecule has 0 bridgehead atoms. The minimum absolute atomic E-state index is 0.234. The average Bonchev–Trinajstić information content (AvgIpc) is 3.51. The standard InChI is InChI=1S/C23H19N7OS2/c1-3-12-29-20(27-28-23(29)32)19-14(2)25-22(33-19)26-21(31)15-8-10-16(11-9-15)30-13-24-17-6-4-5-7-18(17)30/h3-11,13H,1,12H2,2H3,(H,28,32)(H,25,26,31). The second kappa shape index (κ2) is 8.57. The molecule has 0 aliphatic heterocycles. The Morgan fingerprint density at radius 1 is 1.24 bits per heavy atom. The summed E-state index contributed by atoms with van der Waals surface area (Å²) in [6, 6.07) is 15.3. The molecule has 0 aliphatic carbocycles. The molecule has 0 unspecified atom stereocenters. The number of H-pyrrole nitrogens is 1. The summed E-state index contributed by atoms with van der Waals surface area (Å²) in [5.74, 6) is 0.439. The van der Waals surface area contributed by atoms with E-state index in [1.165, 1.54) is 11.3 Å². The summed E-state index contributed by atoms with van der Waals surface area (Å²) in [6.07, 6.45) is 3.53. The molecule has 0 fully saturated rings. The monoisotopic (exact) mass is 473 g/mol. The maximum Gasteiger partial charge on any atom is 0.257 e. The lowest BCUT2D eigenvalue weighted by Gasteiger charge is -2.06. The maximum atomic E-state index is 12.8. The molecule has 0 saturated heterocycles. The first-order valence-electron chi connectivity index (χ1n) is 10.1. The number of allylic oxidation sites excluding steroid dienone is 1. The molecule has 5 aromatic rings. The minimum atomic E-state index is -0.234. The van der Waals surface area contributed by atoms with Crippen molar-refractivity contribution < 1.29 is 4.79 Å². The van der Waals surface area contributed by atoms with Crippen LogP contribution in [0.15, 0.2) is 67.5 Å². The predicted octanol–water partition coefficient (Wildman–Crippen LogP) is 5.15. The van der Waals surface area contributed by atoms with E-state index < -0.39 is 0 Å². The number of amides is 1. The third kappa shape index (κ3) is 3.90. The summed E-state index contributed by atoms with van der Waals surface area (Å²) < 4.78 is 4.34. The van der Waals surface area contributed by atoms with E-state index in [1.807, 2.05) is 52.5 Å². The topological polar surface area (TPSA) is 93.4 Å². The van der Waals surface area contributed by atoms with Crippen molar-refractivity contribution in [1.82, 2.24) is 29.3 Å². The molecule has 164 valence electrons. The van der Waals surface area contributed by atoms with E-state index in [9.17, 15) is 4.79 Å². The lowest BCUT2D eigenvalue weighted by molar-refractivity contribution is 0.102. The quantitative estimate of drug-likeness (QED) is 0.263. The number of nitrogens with zero attached hydrogens (tertiary/aromatic N) is 5. The number of para-hydroxylation sites is 2. The first kappa shape index (κ1) is 21.0. The number of carbonyl (C=O) groups is 1. The number of hydrogen-bond donors (Lipinski definition) is 2. The minimum Gasteiger partial charge on any atom is -0.299 e. The van der Waals surface area contributed by atoms with Crippen LogP contribution in [-0.4, -0.2) is 35.2 Å². The van der Waals surface area contributed by atoms with Gasteiger partial charge in [-0.15, -0.1) is 6.58 Å². The highest BCUT2D eigenvalue weighted by Gasteiger charge is 2.18. The molecule has 33 heavy (non-hydrogen) atoms. The summed E-state index contributed by atoms with van der Waals surface area (Å²) in [5.41, 5.74) is 4.15. The largest absolute Gasteiger partial charge is 0.299 e. The smallest absolute Gasteiger partial charge is 0.257 e. The van der Waals surface area contributed by atoms with E-state index in [-0.39, 0.29) is 5.91 Å². The molecule has 3 heterocycles. The Morgan fingerprint density at radius 2 is 2.03 bits per heavy atom. The fourth-order valence-electron chi connectivity index (χ4n) is 3.55. The third-order valence-corrected chi connectivity index (χ3v) is 6.53. The van der Waals surface area contributed by atoms with Crippen LogP contribution in [0.2, 0.25) is 0 Å². The van der Waals surface area contributed by atoms with Crippen molar-refractivity contribution >= 4 is 45.6 Å². The molecule has 2 aromatic carbocycles. The first-order valence-corrected chi connectivity index (χ1v) is 11.4. The van der Waals surface area contributed by atoms with Crippen molar-refractivity contribution in [2.24, 2.45) is 0 Å². The molecule has 3 aromatic heterocycles. The Morgan fingerprint density at radius 3 is 2.82 bits per heavy atom. The number of aromatic amines is 1. The predicted molar refractivity (Wildman–Crippen MR) is 132 cm³/mol. The van der Waals surface area contributed by atoms with Crippen LogP contribution in [-0.2, 0) is 6.54 Å². The summed E-state index contributed by atoms with van der Waals surface area (Å²) in [6.45, 7) is 6.17. The van der Waals surface area contributed by atoms with Gasteiger partial charge in [-0.05, 0) is 55.5 Å². The van der Waals surface area contributed by atoms with Gasteiger partial charge in [0.25, 0.3) is 5.91 Å². The van der Waals surface area contributed by atoms with E-state index >= 15 is 0 Å². The number of benzene rings is 2. The van der Waals surface area contributed by atoms with Gasteiger partial charge in [-0.2, -0.15) is 5.10 Å². The van der Waals surface area contributed by atoms with Gasteiger partial charge in [-0.3, -0.25) is 24.3 Å². The van der Waals surface area contributed by atoms with E-state index in [2.05, 4.69) is 32.1 Å². The number of hydrogen-bond acceptors (Lipinski definition) is 6. The molecule has 2 N–H and O–H groups in total. The van der Waals surface area contributed by atoms with Gasteiger partial charge in [0, 0.05) is 17.8 Å². The van der Waals surface area contributed by atoms with Crippen molar-refractivity contribution in [2.75, 3.05) is 5.32 Å². The number of anilines is 1. The number of thiazole rings is 1. The lowest BCUT2D eigenvalue weighted by Crippen LogP contribution is -2.11. The van der Waals surface area contributed by atoms with Crippen molar-refractivity contribution in [2.45, 2.75) is 13.5 Å². The van der Waals surface area contributed by atoms with Crippen LogP contribution >= 0.6 is 23.6 Å². The van der Waals surface area contributed by atoms with Gasteiger partial charge < -0.3 is 0 Å². The molecule has 5 rings (SSSR count). The zero-order chi connectivity index (χ0) is 22.9. The van der Waals surface area contributed by atoms with E-state index in [4.69, 9.17) is 12.2 Å². The molecule has 0 radical (unpaired) electrons. The van der Waals surface area contributed by atoms with Crippen LogP contribution < -0.4 is 5.32 Å². The Hall–Kier alpha value is -3.89. The van der Waals surface area contributed by atoms with E-state index in [0.717, 1.165) is 27.3 Å². The summed E-state index contributed by atoms with van der Waals surface area (Å²) in [5, 5.41) is 10.5. The first-order chi connectivity index (χ1) is 16.0. The SMILES string of the molecule is C=CCn1c(-c2sc(NC(=O)c3ccc(-n4cnc5ccccc54)cc3)nc2C)n[nH]c1=S. The highest BCUT2D eigenvalue weighted by Crippen LogP contribution is 2.32. The number of aromatic nitrogens is 6. The van der Waals surface area contributed by atoms with Crippen LogP contribution in [0.4, 0.5) is 5.13 Å². The van der Waals surface area contributed by atoms with Crippen LogP contribution in [0.1, 0.15) is 16.1 Å². The molecular weight excluding hydrogens is 454 g/mol. The Balaban J connectivity index is 1.37. The number of fused-ring (bicyclic) bond motifs is 1. The highest BCUT2D eigenvalue weighted by atomic mass is 32.1. The van der Waals surface area contributed by atoms with Gasteiger partial charge in [0.05, 0.1) is 21.6 Å². The molecule has 0 saturated carbocycles. The van der Waals surface area contributed by atoms with Crippen LogP contribution in [0.25, 0.3) is 27.4 Å². The maximum absolute atomic E-state index is 12.8. The number of imidazole rings is 1. The molecule has 10 heteroatoms. The number of aryl methyl sites for hydroxylation is 1. The van der Waals surface area contributed by atoms with Gasteiger partial charge in [-0.25, -0.2) is 9.97 Å². The molecule has 1 amide bonds. The summed E-state index contributed by atoms with van der Waals surface area (Å²) in [7, 11) is 0. The highest BCUT2D eigenvalue weighted by molar-refractivity contribution is 7.71. The number of carbonyl (C=O) groups excluding carboxylic acids is 1. The van der Waals surface area contributed by atoms with Crippen LogP contribution in [0.5, 0.6) is 0 Å². The van der Waals surface area contributed by atoms with Crippen LogP contribution in [0, 0.1) is 11.7 Å². The second-order valence-electron chi connectivity index (χ2n) is 7.29. The van der Waals surface area contributed by atoms with Crippen molar-refractivity contribution in [3.63, 3.8) is 0 Å². The second-order valence-corrected chi connectivity index (χ2v) is 8.68. The number of nitrogens with one attached hydrogen (secondary N) is 2.